The Kier molecular flexibility index (Phi) is 3.65. The predicted molar refractivity (Wildman–Crippen MR) is 60.0 cm³/mol. The molecule has 0 aromatic rings. The molecule has 0 aromatic carbocycles. The van der Waals surface area contributed by atoms with Crippen molar-refractivity contribution in [1.82, 2.24) is 4.90 Å². The van der Waals surface area contributed by atoms with Gasteiger partial charge in [-0.2, -0.15) is 12.6 Å². The van der Waals surface area contributed by atoms with E-state index < -0.39 is 11.5 Å². The molecule has 2 atom stereocenters. The Balaban J connectivity index is 2.86. The smallest absolute Gasteiger partial charge is 0.329 e. The van der Waals surface area contributed by atoms with Gasteiger partial charge >= 0.3 is 5.97 Å². The summed E-state index contributed by atoms with van der Waals surface area (Å²) in [5, 5.41) is 9.13. The van der Waals surface area contributed by atoms with Crippen molar-refractivity contribution >= 4 is 24.5 Å². The second-order valence-corrected chi connectivity index (χ2v) is 4.62. The molecule has 1 amide bonds. The zero-order chi connectivity index (χ0) is 11.6. The van der Waals surface area contributed by atoms with Crippen molar-refractivity contribution in [1.29, 1.82) is 0 Å². The fourth-order valence-corrected chi connectivity index (χ4v) is 2.04. The quantitative estimate of drug-likeness (QED) is 0.713. The van der Waals surface area contributed by atoms with Crippen LogP contribution in [0.1, 0.15) is 26.7 Å². The number of likely N-dealkylation sites (tertiary alicyclic amines) is 1. The Bertz CT molecular complexity index is 282. The number of carboxylic acids is 1. The average Bonchev–Trinajstić information content (AvgIpc) is 2.59. The van der Waals surface area contributed by atoms with Crippen molar-refractivity contribution in [3.8, 4) is 0 Å². The van der Waals surface area contributed by atoms with Crippen molar-refractivity contribution in [3.05, 3.63) is 0 Å². The lowest BCUT2D eigenvalue weighted by molar-refractivity contribution is -0.156. The molecule has 1 N–H and O–H groups in total. The number of thiol groups is 1. The van der Waals surface area contributed by atoms with Crippen LogP contribution in [0.2, 0.25) is 0 Å². The molecule has 1 aliphatic rings. The highest BCUT2D eigenvalue weighted by molar-refractivity contribution is 7.80. The van der Waals surface area contributed by atoms with Crippen LogP contribution in [0.3, 0.4) is 0 Å². The Morgan fingerprint density at radius 3 is 2.67 bits per heavy atom. The van der Waals surface area contributed by atoms with Gasteiger partial charge in [0.15, 0.2) is 0 Å². The molecule has 2 unspecified atom stereocenters. The Hall–Kier alpha value is -0.710. The number of hydrogen-bond donors (Lipinski definition) is 2. The summed E-state index contributed by atoms with van der Waals surface area (Å²) in [5.74, 6) is -0.789. The molecule has 0 aromatic heterocycles. The fourth-order valence-electron chi connectivity index (χ4n) is 1.88. The second-order valence-electron chi connectivity index (χ2n) is 4.26. The highest BCUT2D eigenvalue weighted by Gasteiger charge is 2.46. The van der Waals surface area contributed by atoms with Gasteiger partial charge in [0.25, 0.3) is 0 Å². The lowest BCUT2D eigenvalue weighted by atomic mass is 9.98. The van der Waals surface area contributed by atoms with Crippen molar-refractivity contribution in [2.45, 2.75) is 32.2 Å². The summed E-state index contributed by atoms with van der Waals surface area (Å²) in [4.78, 5) is 24.5. The van der Waals surface area contributed by atoms with Crippen LogP contribution >= 0.6 is 12.6 Å². The first-order valence-corrected chi connectivity index (χ1v) is 5.72. The van der Waals surface area contributed by atoms with Crippen LogP contribution in [0.25, 0.3) is 0 Å². The van der Waals surface area contributed by atoms with Gasteiger partial charge in [0.1, 0.15) is 5.54 Å². The van der Waals surface area contributed by atoms with E-state index in [-0.39, 0.29) is 11.8 Å². The van der Waals surface area contributed by atoms with Gasteiger partial charge in [-0.25, -0.2) is 4.79 Å². The molecule has 0 bridgehead atoms. The van der Waals surface area contributed by atoms with Crippen molar-refractivity contribution < 1.29 is 14.7 Å². The molecule has 1 fully saturated rings. The highest BCUT2D eigenvalue weighted by Crippen LogP contribution is 2.30. The van der Waals surface area contributed by atoms with Gasteiger partial charge < -0.3 is 10.0 Å². The lowest BCUT2D eigenvalue weighted by Gasteiger charge is -2.32. The zero-order valence-electron chi connectivity index (χ0n) is 9.06. The monoisotopic (exact) mass is 231 g/mol. The summed E-state index contributed by atoms with van der Waals surface area (Å²) in [5.41, 5.74) is -1.02. The first kappa shape index (κ1) is 12.4. The van der Waals surface area contributed by atoms with Gasteiger partial charge in [0.2, 0.25) is 5.91 Å². The van der Waals surface area contributed by atoms with E-state index in [9.17, 15) is 9.59 Å². The van der Waals surface area contributed by atoms with Crippen LogP contribution in [-0.4, -0.2) is 39.7 Å². The summed E-state index contributed by atoms with van der Waals surface area (Å²) in [6.45, 7) is 3.93. The number of carbonyl (C=O) groups excluding carboxylic acids is 1. The third-order valence-corrected chi connectivity index (χ3v) is 3.61. The second kappa shape index (κ2) is 4.43. The zero-order valence-corrected chi connectivity index (χ0v) is 9.96. The normalized spacial score (nSPS) is 27.8. The van der Waals surface area contributed by atoms with Gasteiger partial charge in [-0.1, -0.05) is 6.92 Å². The fraction of sp³-hybridized carbons (Fsp3) is 0.800. The lowest BCUT2D eigenvalue weighted by Crippen LogP contribution is -2.52. The molecule has 15 heavy (non-hydrogen) atoms. The molecule has 0 aliphatic carbocycles. The van der Waals surface area contributed by atoms with Crippen LogP contribution in [0, 0.1) is 5.92 Å². The maximum atomic E-state index is 11.9. The summed E-state index contributed by atoms with van der Waals surface area (Å²) in [7, 11) is 0. The Morgan fingerprint density at radius 2 is 2.20 bits per heavy atom. The molecular weight excluding hydrogens is 214 g/mol. The maximum Gasteiger partial charge on any atom is 0.329 e. The minimum Gasteiger partial charge on any atom is -0.480 e. The third-order valence-electron chi connectivity index (χ3n) is 3.06. The van der Waals surface area contributed by atoms with E-state index >= 15 is 0 Å². The molecule has 1 rings (SSSR count). The SMILES string of the molecule is CC(CS)C(=O)N1CCCC1(C)C(=O)O. The van der Waals surface area contributed by atoms with Crippen LogP contribution in [0.4, 0.5) is 0 Å². The van der Waals surface area contributed by atoms with Crippen LogP contribution < -0.4 is 0 Å². The van der Waals surface area contributed by atoms with Gasteiger partial charge in [-0.15, -0.1) is 0 Å². The average molecular weight is 231 g/mol. The Labute approximate surface area is 95.1 Å². The number of hydrogen-bond acceptors (Lipinski definition) is 3. The number of rotatable bonds is 3. The summed E-state index contributed by atoms with van der Waals surface area (Å²) in [6.07, 6.45) is 1.29. The molecule has 0 saturated carbocycles. The number of carboxylic acid groups (broad SMARTS) is 1. The predicted octanol–water partition coefficient (Wildman–Crippen LogP) is 1.02. The van der Waals surface area contributed by atoms with Gasteiger partial charge in [-0.05, 0) is 19.8 Å². The van der Waals surface area contributed by atoms with E-state index in [4.69, 9.17) is 5.11 Å². The van der Waals surface area contributed by atoms with Gasteiger partial charge in [-0.3, -0.25) is 4.79 Å². The largest absolute Gasteiger partial charge is 0.480 e. The summed E-state index contributed by atoms with van der Waals surface area (Å²) in [6, 6.07) is 0. The maximum absolute atomic E-state index is 11.9. The van der Waals surface area contributed by atoms with Crippen LogP contribution in [-0.2, 0) is 9.59 Å². The standard InChI is InChI=1S/C10H17NO3S/c1-7(6-15)8(12)11-5-3-4-10(11,2)9(13)14/h7,15H,3-6H2,1-2H3,(H,13,14). The Morgan fingerprint density at radius 1 is 1.60 bits per heavy atom. The minimum absolute atomic E-state index is 0.104. The number of carbonyl (C=O) groups is 2. The number of amides is 1. The molecule has 1 aliphatic heterocycles. The van der Waals surface area contributed by atoms with Crippen molar-refractivity contribution in [3.63, 3.8) is 0 Å². The van der Waals surface area contributed by atoms with E-state index in [1.807, 2.05) is 0 Å². The van der Waals surface area contributed by atoms with E-state index in [1.54, 1.807) is 13.8 Å². The minimum atomic E-state index is -1.02. The van der Waals surface area contributed by atoms with E-state index in [2.05, 4.69) is 12.6 Å². The molecule has 86 valence electrons. The first-order chi connectivity index (χ1) is 6.93. The van der Waals surface area contributed by atoms with Crippen LogP contribution in [0.5, 0.6) is 0 Å². The van der Waals surface area contributed by atoms with Crippen molar-refractivity contribution in [2.24, 2.45) is 5.92 Å². The van der Waals surface area contributed by atoms with Gasteiger partial charge in [0, 0.05) is 18.2 Å². The summed E-state index contributed by atoms with van der Waals surface area (Å²) < 4.78 is 0. The summed E-state index contributed by atoms with van der Waals surface area (Å²) >= 11 is 4.06. The topological polar surface area (TPSA) is 57.6 Å². The number of aliphatic carboxylic acids is 1. The molecule has 0 radical (unpaired) electrons. The first-order valence-electron chi connectivity index (χ1n) is 5.09. The molecule has 1 saturated heterocycles. The molecule has 4 nitrogen and oxygen atoms in total. The number of nitrogens with zero attached hydrogens (tertiary/aromatic N) is 1. The van der Waals surface area contributed by atoms with E-state index in [1.165, 1.54) is 4.90 Å². The van der Waals surface area contributed by atoms with E-state index in [0.717, 1.165) is 6.42 Å². The van der Waals surface area contributed by atoms with Crippen molar-refractivity contribution in [2.75, 3.05) is 12.3 Å². The third kappa shape index (κ3) is 2.12. The molecule has 1 heterocycles. The molecule has 0 spiro atoms. The van der Waals surface area contributed by atoms with Gasteiger partial charge in [0.05, 0.1) is 0 Å². The molecular formula is C10H17NO3S. The highest BCUT2D eigenvalue weighted by atomic mass is 32.1. The van der Waals surface area contributed by atoms with Crippen LogP contribution in [0.15, 0.2) is 0 Å². The molecule has 5 heteroatoms. The van der Waals surface area contributed by atoms with E-state index in [0.29, 0.717) is 18.7 Å².